The minimum Gasteiger partial charge on any atom is -0.455 e. The topological polar surface area (TPSA) is 81.4 Å². The molecule has 8 heteroatoms. The summed E-state index contributed by atoms with van der Waals surface area (Å²) in [4.78, 5) is 23.8. The third-order valence-corrected chi connectivity index (χ3v) is 3.93. The van der Waals surface area contributed by atoms with Crippen molar-refractivity contribution in [1.82, 2.24) is 10.5 Å². The zero-order valence-corrected chi connectivity index (χ0v) is 14.4. The largest absolute Gasteiger partial charge is 0.455 e. The summed E-state index contributed by atoms with van der Waals surface area (Å²) in [6.45, 7) is 1.01. The average Bonchev–Trinajstić information content (AvgIpc) is 3.03. The molecule has 0 aliphatic heterocycles. The molecule has 0 unspecified atom stereocenters. The van der Waals surface area contributed by atoms with Crippen LogP contribution in [0, 0.1) is 11.6 Å². The second kappa shape index (κ2) is 7.94. The summed E-state index contributed by atoms with van der Waals surface area (Å²) in [6.07, 6.45) is -0.146. The number of ether oxygens (including phenoxy) is 1. The number of hydrogen-bond acceptors (Lipinski definition) is 5. The Bertz CT molecular complexity index is 987. The molecule has 1 amide bonds. The Kier molecular flexibility index (Phi) is 5.44. The van der Waals surface area contributed by atoms with Crippen LogP contribution in [-0.4, -0.2) is 23.6 Å². The van der Waals surface area contributed by atoms with E-state index < -0.39 is 36.2 Å². The minimum absolute atomic E-state index is 0.130. The lowest BCUT2D eigenvalue weighted by molar-refractivity contribution is -0.148. The molecule has 1 heterocycles. The molecule has 1 N–H and O–H groups in total. The van der Waals surface area contributed by atoms with Crippen LogP contribution in [-0.2, 0) is 20.7 Å². The standard InChI is InChI=1S/C19H16F2N2O4/c1-11(13-7-6-12(20)8-15(13)21)22-18(24)10-26-19(25)9-16-14-4-2-3-5-17(14)27-23-16/h2-8,11H,9-10H2,1H3,(H,22,24)/t11-/m0/s1. The Morgan fingerprint density at radius 1 is 1.22 bits per heavy atom. The van der Waals surface area contributed by atoms with Gasteiger partial charge in [-0.25, -0.2) is 8.78 Å². The van der Waals surface area contributed by atoms with Crippen molar-refractivity contribution in [2.75, 3.05) is 6.61 Å². The number of carbonyl (C=O) groups is 2. The van der Waals surface area contributed by atoms with Gasteiger partial charge in [-0.15, -0.1) is 0 Å². The van der Waals surface area contributed by atoms with Gasteiger partial charge in [0.05, 0.1) is 12.5 Å². The number of fused-ring (bicyclic) bond motifs is 1. The molecule has 0 radical (unpaired) electrons. The number of amides is 1. The number of para-hydroxylation sites is 1. The molecule has 0 spiro atoms. The quantitative estimate of drug-likeness (QED) is 0.671. The van der Waals surface area contributed by atoms with E-state index >= 15 is 0 Å². The van der Waals surface area contributed by atoms with E-state index in [4.69, 9.17) is 9.26 Å². The second-order valence-corrected chi connectivity index (χ2v) is 5.92. The van der Waals surface area contributed by atoms with E-state index in [1.807, 2.05) is 0 Å². The van der Waals surface area contributed by atoms with Gasteiger partial charge >= 0.3 is 5.97 Å². The van der Waals surface area contributed by atoms with Crippen molar-refractivity contribution in [3.05, 3.63) is 65.4 Å². The van der Waals surface area contributed by atoms with E-state index in [0.29, 0.717) is 16.7 Å². The third-order valence-electron chi connectivity index (χ3n) is 3.93. The lowest BCUT2D eigenvalue weighted by Crippen LogP contribution is -2.31. The normalized spacial score (nSPS) is 12.0. The van der Waals surface area contributed by atoms with Crippen molar-refractivity contribution in [2.24, 2.45) is 0 Å². The lowest BCUT2D eigenvalue weighted by atomic mass is 10.1. The van der Waals surface area contributed by atoms with Gasteiger partial charge in [-0.1, -0.05) is 23.4 Å². The summed E-state index contributed by atoms with van der Waals surface area (Å²) in [7, 11) is 0. The third kappa shape index (κ3) is 4.46. The fourth-order valence-electron chi connectivity index (χ4n) is 2.61. The minimum atomic E-state index is -0.766. The van der Waals surface area contributed by atoms with Gasteiger partial charge in [0.25, 0.3) is 5.91 Å². The molecule has 0 fully saturated rings. The number of halogens is 2. The Hall–Kier alpha value is -3.29. The van der Waals surface area contributed by atoms with E-state index in [1.54, 1.807) is 24.3 Å². The molecule has 140 valence electrons. The number of nitrogens with one attached hydrogen (secondary N) is 1. The first-order valence-corrected chi connectivity index (χ1v) is 8.17. The molecule has 1 aromatic heterocycles. The number of benzene rings is 2. The summed E-state index contributed by atoms with van der Waals surface area (Å²) in [6, 6.07) is 9.43. The van der Waals surface area contributed by atoms with Crippen LogP contribution in [0.1, 0.15) is 24.2 Å². The zero-order valence-electron chi connectivity index (χ0n) is 14.4. The van der Waals surface area contributed by atoms with Gasteiger partial charge in [-0.3, -0.25) is 9.59 Å². The van der Waals surface area contributed by atoms with E-state index in [2.05, 4.69) is 10.5 Å². The van der Waals surface area contributed by atoms with Gasteiger partial charge in [0.1, 0.15) is 17.3 Å². The van der Waals surface area contributed by atoms with Crippen molar-refractivity contribution >= 4 is 22.8 Å². The number of esters is 1. The number of hydrogen-bond donors (Lipinski definition) is 1. The number of aromatic nitrogens is 1. The van der Waals surface area contributed by atoms with Crippen molar-refractivity contribution in [3.63, 3.8) is 0 Å². The van der Waals surface area contributed by atoms with Crippen molar-refractivity contribution in [1.29, 1.82) is 0 Å². The van der Waals surface area contributed by atoms with Crippen molar-refractivity contribution in [3.8, 4) is 0 Å². The van der Waals surface area contributed by atoms with E-state index in [9.17, 15) is 18.4 Å². The smallest absolute Gasteiger partial charge is 0.312 e. The molecule has 0 aliphatic carbocycles. The zero-order chi connectivity index (χ0) is 19.4. The number of carbonyl (C=O) groups excluding carboxylic acids is 2. The van der Waals surface area contributed by atoms with Gasteiger partial charge < -0.3 is 14.6 Å². The molecule has 2 aromatic carbocycles. The molecule has 3 aromatic rings. The highest BCUT2D eigenvalue weighted by molar-refractivity contribution is 5.85. The van der Waals surface area contributed by atoms with Crippen LogP contribution in [0.3, 0.4) is 0 Å². The Balaban J connectivity index is 1.52. The molecule has 3 rings (SSSR count). The Morgan fingerprint density at radius 2 is 2.00 bits per heavy atom. The lowest BCUT2D eigenvalue weighted by Gasteiger charge is -2.15. The summed E-state index contributed by atoms with van der Waals surface area (Å²) in [5, 5.41) is 7.00. The summed E-state index contributed by atoms with van der Waals surface area (Å²) >= 11 is 0. The summed E-state index contributed by atoms with van der Waals surface area (Å²) in [5.74, 6) is -2.73. The van der Waals surface area contributed by atoms with Gasteiger partial charge in [0, 0.05) is 17.0 Å². The average molecular weight is 374 g/mol. The van der Waals surface area contributed by atoms with Gasteiger partial charge in [-0.05, 0) is 25.1 Å². The molecule has 1 atom stereocenters. The van der Waals surface area contributed by atoms with E-state index in [1.165, 1.54) is 13.0 Å². The molecule has 0 saturated carbocycles. The predicted octanol–water partition coefficient (Wildman–Crippen LogP) is 3.07. The van der Waals surface area contributed by atoms with Crippen LogP contribution in [0.25, 0.3) is 11.0 Å². The van der Waals surface area contributed by atoms with E-state index in [0.717, 1.165) is 12.1 Å². The number of nitrogens with zero attached hydrogens (tertiary/aromatic N) is 1. The summed E-state index contributed by atoms with van der Waals surface area (Å²) in [5.41, 5.74) is 1.09. The summed E-state index contributed by atoms with van der Waals surface area (Å²) < 4.78 is 36.7. The van der Waals surface area contributed by atoms with Crippen LogP contribution >= 0.6 is 0 Å². The van der Waals surface area contributed by atoms with Crippen LogP contribution in [0.2, 0.25) is 0 Å². The molecule has 6 nitrogen and oxygen atoms in total. The molecular weight excluding hydrogens is 358 g/mol. The molecule has 0 aliphatic rings. The van der Waals surface area contributed by atoms with Gasteiger partial charge in [0.15, 0.2) is 12.2 Å². The van der Waals surface area contributed by atoms with Crippen LogP contribution in [0.5, 0.6) is 0 Å². The fraction of sp³-hybridized carbons (Fsp3) is 0.211. The maximum atomic E-state index is 13.7. The maximum absolute atomic E-state index is 13.7. The van der Waals surface area contributed by atoms with Gasteiger partial charge in [0.2, 0.25) is 0 Å². The van der Waals surface area contributed by atoms with Crippen LogP contribution in [0.4, 0.5) is 8.78 Å². The highest BCUT2D eigenvalue weighted by Gasteiger charge is 2.17. The fourth-order valence-corrected chi connectivity index (χ4v) is 2.61. The molecule has 0 bridgehead atoms. The predicted molar refractivity (Wildman–Crippen MR) is 91.6 cm³/mol. The van der Waals surface area contributed by atoms with Crippen LogP contribution in [0.15, 0.2) is 47.0 Å². The Morgan fingerprint density at radius 3 is 2.78 bits per heavy atom. The monoisotopic (exact) mass is 374 g/mol. The molecular formula is C19H16F2N2O4. The molecule has 27 heavy (non-hydrogen) atoms. The van der Waals surface area contributed by atoms with Crippen molar-refractivity contribution < 1.29 is 27.6 Å². The highest BCUT2D eigenvalue weighted by Crippen LogP contribution is 2.19. The highest BCUT2D eigenvalue weighted by atomic mass is 19.1. The van der Waals surface area contributed by atoms with Crippen molar-refractivity contribution in [2.45, 2.75) is 19.4 Å². The SMILES string of the molecule is C[C@H](NC(=O)COC(=O)Cc1noc2ccccc12)c1ccc(F)cc1F. The first-order valence-electron chi connectivity index (χ1n) is 8.17. The van der Waals surface area contributed by atoms with Crippen LogP contribution < -0.4 is 5.32 Å². The first-order chi connectivity index (χ1) is 12.9. The number of rotatable bonds is 6. The first kappa shape index (κ1) is 18.5. The van der Waals surface area contributed by atoms with E-state index in [-0.39, 0.29) is 12.0 Å². The Labute approximate surface area is 153 Å². The molecule has 0 saturated heterocycles. The second-order valence-electron chi connectivity index (χ2n) is 5.92. The maximum Gasteiger partial charge on any atom is 0.312 e. The van der Waals surface area contributed by atoms with Gasteiger partial charge in [-0.2, -0.15) is 0 Å².